The van der Waals surface area contributed by atoms with Gasteiger partial charge in [-0.25, -0.2) is 4.79 Å². The van der Waals surface area contributed by atoms with E-state index < -0.39 is 5.97 Å². The number of esters is 1. The van der Waals surface area contributed by atoms with E-state index in [0.29, 0.717) is 40.6 Å². The van der Waals surface area contributed by atoms with E-state index in [2.05, 4.69) is 15.6 Å². The molecule has 0 atom stereocenters. The van der Waals surface area contributed by atoms with Crippen LogP contribution in [-0.4, -0.2) is 49.6 Å². The van der Waals surface area contributed by atoms with Crippen LogP contribution in [0.2, 0.25) is 0 Å². The fourth-order valence-corrected chi connectivity index (χ4v) is 3.09. The van der Waals surface area contributed by atoms with Crippen molar-refractivity contribution in [1.82, 2.24) is 15.6 Å². The second kappa shape index (κ2) is 11.1. The Hall–Kier alpha value is -3.49. The van der Waals surface area contributed by atoms with Gasteiger partial charge in [0.05, 0.1) is 19.3 Å². The third-order valence-electron chi connectivity index (χ3n) is 4.56. The molecule has 3 N–H and O–H groups in total. The standard InChI is InChI=1S/C22H29N3O6/c1-6-23-18(26)12-31-16-9-8-15(10-17(16)29-5)11-24-21(27)20-13(3)19(14(4)25-20)22(28)30-7-2/h8-10,25H,6-7,11-12H2,1-5H3,(H,23,26)(H,24,27). The molecule has 0 spiro atoms. The molecule has 2 rings (SSSR count). The highest BCUT2D eigenvalue weighted by molar-refractivity contribution is 6.00. The van der Waals surface area contributed by atoms with Gasteiger partial charge in [0.1, 0.15) is 5.69 Å². The number of carbonyl (C=O) groups excluding carboxylic acids is 3. The van der Waals surface area contributed by atoms with Gasteiger partial charge in [-0.1, -0.05) is 6.07 Å². The highest BCUT2D eigenvalue weighted by atomic mass is 16.5. The summed E-state index contributed by atoms with van der Waals surface area (Å²) in [5.74, 6) is -0.140. The molecule has 0 aliphatic rings. The zero-order valence-electron chi connectivity index (χ0n) is 18.5. The molecule has 1 heterocycles. The number of hydrogen-bond acceptors (Lipinski definition) is 6. The van der Waals surface area contributed by atoms with Crippen molar-refractivity contribution >= 4 is 17.8 Å². The quantitative estimate of drug-likeness (QED) is 0.497. The maximum Gasteiger partial charge on any atom is 0.340 e. The molecule has 168 valence electrons. The summed E-state index contributed by atoms with van der Waals surface area (Å²) in [7, 11) is 1.50. The summed E-state index contributed by atoms with van der Waals surface area (Å²) in [6.45, 7) is 7.89. The van der Waals surface area contributed by atoms with Crippen LogP contribution < -0.4 is 20.1 Å². The van der Waals surface area contributed by atoms with Crippen LogP contribution in [0.4, 0.5) is 0 Å². The van der Waals surface area contributed by atoms with E-state index in [1.165, 1.54) is 7.11 Å². The van der Waals surface area contributed by atoms with Crippen molar-refractivity contribution in [3.05, 3.63) is 46.3 Å². The second-order valence-electron chi connectivity index (χ2n) is 6.76. The van der Waals surface area contributed by atoms with E-state index in [-0.39, 0.29) is 31.6 Å². The van der Waals surface area contributed by atoms with Gasteiger partial charge in [-0.15, -0.1) is 0 Å². The number of aryl methyl sites for hydroxylation is 1. The van der Waals surface area contributed by atoms with Gasteiger partial charge in [0.15, 0.2) is 18.1 Å². The number of aromatic nitrogens is 1. The lowest BCUT2D eigenvalue weighted by molar-refractivity contribution is -0.123. The molecule has 1 aromatic carbocycles. The van der Waals surface area contributed by atoms with Crippen LogP contribution in [0.1, 0.15) is 51.5 Å². The van der Waals surface area contributed by atoms with Gasteiger partial charge in [0.2, 0.25) is 0 Å². The number of nitrogens with one attached hydrogen (secondary N) is 3. The van der Waals surface area contributed by atoms with Crippen LogP contribution in [0.3, 0.4) is 0 Å². The summed E-state index contributed by atoms with van der Waals surface area (Å²) in [5.41, 5.74) is 2.59. The molecule has 0 fully saturated rings. The fraction of sp³-hybridized carbons (Fsp3) is 0.409. The Bertz CT molecular complexity index is 951. The molecule has 1 aromatic heterocycles. The van der Waals surface area contributed by atoms with Crippen molar-refractivity contribution < 1.29 is 28.6 Å². The molecule has 0 saturated carbocycles. The molecule has 2 aromatic rings. The van der Waals surface area contributed by atoms with Crippen LogP contribution in [0.25, 0.3) is 0 Å². The topological polar surface area (TPSA) is 119 Å². The molecule has 0 bridgehead atoms. The number of likely N-dealkylation sites (N-methyl/N-ethyl adjacent to an activating group) is 1. The van der Waals surface area contributed by atoms with Gasteiger partial charge < -0.3 is 29.8 Å². The lowest BCUT2D eigenvalue weighted by Gasteiger charge is -2.12. The lowest BCUT2D eigenvalue weighted by Crippen LogP contribution is -2.28. The molecular weight excluding hydrogens is 402 g/mol. The summed E-state index contributed by atoms with van der Waals surface area (Å²) in [5, 5.41) is 5.48. The number of ether oxygens (including phenoxy) is 3. The maximum absolute atomic E-state index is 12.7. The molecule has 9 heteroatoms. The predicted octanol–water partition coefficient (Wildman–Crippen LogP) is 2.26. The number of benzene rings is 1. The van der Waals surface area contributed by atoms with Gasteiger partial charge in [0, 0.05) is 18.8 Å². The van der Waals surface area contributed by atoms with E-state index >= 15 is 0 Å². The van der Waals surface area contributed by atoms with Gasteiger partial charge in [-0.2, -0.15) is 0 Å². The number of rotatable bonds is 10. The van der Waals surface area contributed by atoms with Crippen LogP contribution in [0, 0.1) is 13.8 Å². The first-order valence-corrected chi connectivity index (χ1v) is 10.0. The van der Waals surface area contributed by atoms with Gasteiger partial charge in [-0.3, -0.25) is 9.59 Å². The van der Waals surface area contributed by atoms with E-state index in [4.69, 9.17) is 14.2 Å². The minimum Gasteiger partial charge on any atom is -0.493 e. The van der Waals surface area contributed by atoms with Gasteiger partial charge >= 0.3 is 5.97 Å². The summed E-state index contributed by atoms with van der Waals surface area (Å²) >= 11 is 0. The van der Waals surface area contributed by atoms with Crippen molar-refractivity contribution in [2.75, 3.05) is 26.9 Å². The molecule has 0 aliphatic carbocycles. The summed E-state index contributed by atoms with van der Waals surface area (Å²) in [6.07, 6.45) is 0. The minimum atomic E-state index is -0.458. The number of amides is 2. The zero-order valence-corrected chi connectivity index (χ0v) is 18.5. The predicted molar refractivity (Wildman–Crippen MR) is 115 cm³/mol. The highest BCUT2D eigenvalue weighted by Crippen LogP contribution is 2.28. The molecular formula is C22H29N3O6. The number of carbonyl (C=O) groups is 3. The van der Waals surface area contributed by atoms with Crippen LogP contribution >= 0.6 is 0 Å². The third kappa shape index (κ3) is 6.00. The number of aromatic amines is 1. The Morgan fingerprint density at radius 3 is 2.45 bits per heavy atom. The fourth-order valence-electron chi connectivity index (χ4n) is 3.09. The normalized spacial score (nSPS) is 10.4. The first-order valence-electron chi connectivity index (χ1n) is 10.0. The molecule has 0 radical (unpaired) electrons. The van der Waals surface area contributed by atoms with Crippen molar-refractivity contribution in [3.8, 4) is 11.5 Å². The summed E-state index contributed by atoms with van der Waals surface area (Å²) < 4.78 is 15.9. The number of hydrogen-bond donors (Lipinski definition) is 3. The summed E-state index contributed by atoms with van der Waals surface area (Å²) in [6, 6.07) is 5.18. The van der Waals surface area contributed by atoms with Gasteiger partial charge in [-0.05, 0) is 51.0 Å². The van der Waals surface area contributed by atoms with Gasteiger partial charge in [0.25, 0.3) is 11.8 Å². The first-order chi connectivity index (χ1) is 14.8. The zero-order chi connectivity index (χ0) is 23.0. The SMILES string of the molecule is CCNC(=O)COc1ccc(CNC(=O)c2[nH]c(C)c(C(=O)OCC)c2C)cc1OC. The summed E-state index contributed by atoms with van der Waals surface area (Å²) in [4.78, 5) is 39.3. The average Bonchev–Trinajstić information content (AvgIpc) is 3.05. The second-order valence-corrected chi connectivity index (χ2v) is 6.76. The molecule has 2 amide bonds. The Morgan fingerprint density at radius 1 is 1.06 bits per heavy atom. The van der Waals surface area contributed by atoms with Crippen LogP contribution in [0.5, 0.6) is 11.5 Å². The van der Waals surface area contributed by atoms with Crippen molar-refractivity contribution in [1.29, 1.82) is 0 Å². The number of H-pyrrole nitrogens is 1. The third-order valence-corrected chi connectivity index (χ3v) is 4.56. The Labute approximate surface area is 181 Å². The van der Waals surface area contributed by atoms with E-state index in [1.807, 2.05) is 6.92 Å². The lowest BCUT2D eigenvalue weighted by atomic mass is 10.1. The average molecular weight is 431 g/mol. The maximum atomic E-state index is 12.7. The van der Waals surface area contributed by atoms with Crippen molar-refractivity contribution in [2.45, 2.75) is 34.2 Å². The minimum absolute atomic E-state index is 0.117. The largest absolute Gasteiger partial charge is 0.493 e. The van der Waals surface area contributed by atoms with Crippen molar-refractivity contribution in [3.63, 3.8) is 0 Å². The molecule has 0 unspecified atom stereocenters. The Morgan fingerprint density at radius 2 is 1.81 bits per heavy atom. The molecule has 0 saturated heterocycles. The smallest absolute Gasteiger partial charge is 0.340 e. The van der Waals surface area contributed by atoms with Crippen molar-refractivity contribution in [2.24, 2.45) is 0 Å². The molecule has 31 heavy (non-hydrogen) atoms. The molecule has 0 aliphatic heterocycles. The highest BCUT2D eigenvalue weighted by Gasteiger charge is 2.22. The van der Waals surface area contributed by atoms with E-state index in [0.717, 1.165) is 5.56 Å². The van der Waals surface area contributed by atoms with Crippen LogP contribution in [-0.2, 0) is 16.1 Å². The number of methoxy groups -OCH3 is 1. The first kappa shape index (κ1) is 23.8. The molecule has 9 nitrogen and oxygen atoms in total. The van der Waals surface area contributed by atoms with E-state index in [1.54, 1.807) is 39.0 Å². The Kier molecular flexibility index (Phi) is 8.48. The van der Waals surface area contributed by atoms with Crippen LogP contribution in [0.15, 0.2) is 18.2 Å². The van der Waals surface area contributed by atoms with E-state index in [9.17, 15) is 14.4 Å². The Balaban J connectivity index is 2.06. The monoisotopic (exact) mass is 431 g/mol.